The highest BCUT2D eigenvalue weighted by Crippen LogP contribution is 2.39. The Hall–Kier alpha value is -1.76. The first kappa shape index (κ1) is 19.0. The molecular formula is C19H25F3N2O2. The fraction of sp³-hybridized carbons (Fsp3) is 0.632. The highest BCUT2D eigenvalue weighted by molar-refractivity contribution is 5.79. The van der Waals surface area contributed by atoms with E-state index in [9.17, 15) is 18.0 Å². The van der Waals surface area contributed by atoms with Crippen molar-refractivity contribution in [1.29, 1.82) is 0 Å². The molecule has 1 aliphatic carbocycles. The van der Waals surface area contributed by atoms with Gasteiger partial charge in [0.05, 0.1) is 11.1 Å². The third kappa shape index (κ3) is 4.31. The Kier molecular flexibility index (Phi) is 5.19. The van der Waals surface area contributed by atoms with Gasteiger partial charge in [-0.05, 0) is 63.7 Å². The first-order valence-corrected chi connectivity index (χ1v) is 8.97. The maximum Gasteiger partial charge on any atom is 0.419 e. The second-order valence-electron chi connectivity index (χ2n) is 8.00. The summed E-state index contributed by atoms with van der Waals surface area (Å²) in [6.45, 7) is 5.42. The fourth-order valence-electron chi connectivity index (χ4n) is 3.94. The van der Waals surface area contributed by atoms with Gasteiger partial charge >= 0.3 is 6.18 Å². The Morgan fingerprint density at radius 3 is 2.42 bits per heavy atom. The lowest BCUT2D eigenvalue weighted by Gasteiger charge is -2.28. The van der Waals surface area contributed by atoms with Crippen molar-refractivity contribution in [2.45, 2.75) is 38.4 Å². The number of benzene rings is 1. The van der Waals surface area contributed by atoms with Gasteiger partial charge in [0.25, 0.3) is 0 Å². The predicted octanol–water partition coefficient (Wildman–Crippen LogP) is 3.22. The van der Waals surface area contributed by atoms with Crippen LogP contribution in [0.25, 0.3) is 0 Å². The molecule has 1 aromatic carbocycles. The van der Waals surface area contributed by atoms with E-state index in [1.54, 1.807) is 13.8 Å². The number of carbonyl (C=O) groups is 1. The molecule has 0 aromatic heterocycles. The Morgan fingerprint density at radius 2 is 1.81 bits per heavy atom. The molecule has 3 rings (SSSR count). The van der Waals surface area contributed by atoms with E-state index in [2.05, 4.69) is 10.6 Å². The lowest BCUT2D eigenvalue weighted by Crippen LogP contribution is -2.49. The second kappa shape index (κ2) is 7.10. The SMILES string of the molecule is CC(C)(COc1ccccc1C(F)(F)F)NC(=O)C1C[C@H]2CNC[C@H]2C1. The van der Waals surface area contributed by atoms with Gasteiger partial charge in [-0.25, -0.2) is 0 Å². The molecular weight excluding hydrogens is 345 g/mol. The third-order valence-electron chi connectivity index (χ3n) is 5.27. The number of alkyl halides is 3. The van der Waals surface area contributed by atoms with Crippen molar-refractivity contribution in [1.82, 2.24) is 10.6 Å². The minimum absolute atomic E-state index is 0.0196. The molecule has 144 valence electrons. The lowest BCUT2D eigenvalue weighted by molar-refractivity contribution is -0.139. The molecule has 1 saturated heterocycles. The molecule has 1 heterocycles. The maximum absolute atomic E-state index is 13.0. The topological polar surface area (TPSA) is 50.4 Å². The van der Waals surface area contributed by atoms with E-state index in [1.807, 2.05) is 0 Å². The Labute approximate surface area is 151 Å². The summed E-state index contributed by atoms with van der Waals surface area (Å²) in [6, 6.07) is 5.12. The molecule has 2 aliphatic rings. The zero-order chi connectivity index (χ0) is 18.9. The van der Waals surface area contributed by atoms with Crippen molar-refractivity contribution in [2.24, 2.45) is 17.8 Å². The lowest BCUT2D eigenvalue weighted by atomic mass is 10.0. The van der Waals surface area contributed by atoms with Crippen molar-refractivity contribution >= 4 is 5.91 Å². The average molecular weight is 370 g/mol. The van der Waals surface area contributed by atoms with Gasteiger partial charge in [0, 0.05) is 5.92 Å². The van der Waals surface area contributed by atoms with E-state index >= 15 is 0 Å². The highest BCUT2D eigenvalue weighted by atomic mass is 19.4. The summed E-state index contributed by atoms with van der Waals surface area (Å²) in [5.41, 5.74) is -1.57. The number of amides is 1. The van der Waals surface area contributed by atoms with Gasteiger partial charge in [0.15, 0.2) is 0 Å². The zero-order valence-electron chi connectivity index (χ0n) is 15.0. The van der Waals surface area contributed by atoms with Crippen LogP contribution in [0.4, 0.5) is 13.2 Å². The van der Waals surface area contributed by atoms with E-state index in [0.717, 1.165) is 32.0 Å². The summed E-state index contributed by atoms with van der Waals surface area (Å²) in [5, 5.41) is 6.29. The van der Waals surface area contributed by atoms with Crippen molar-refractivity contribution < 1.29 is 22.7 Å². The molecule has 0 radical (unpaired) electrons. The molecule has 4 nitrogen and oxygen atoms in total. The molecule has 0 bridgehead atoms. The number of carbonyl (C=O) groups excluding carboxylic acids is 1. The minimum atomic E-state index is -4.47. The fourth-order valence-corrected chi connectivity index (χ4v) is 3.94. The third-order valence-corrected chi connectivity index (χ3v) is 5.27. The quantitative estimate of drug-likeness (QED) is 0.837. The van der Waals surface area contributed by atoms with Gasteiger partial charge in [-0.15, -0.1) is 0 Å². The van der Waals surface area contributed by atoms with Crippen LogP contribution in [0.15, 0.2) is 24.3 Å². The Balaban J connectivity index is 1.57. The number of fused-ring (bicyclic) bond motifs is 1. The molecule has 3 atom stereocenters. The second-order valence-corrected chi connectivity index (χ2v) is 8.00. The van der Waals surface area contributed by atoms with Crippen LogP contribution in [0.3, 0.4) is 0 Å². The van der Waals surface area contributed by atoms with Crippen LogP contribution in [0, 0.1) is 17.8 Å². The van der Waals surface area contributed by atoms with Gasteiger partial charge in [-0.3, -0.25) is 4.79 Å². The zero-order valence-corrected chi connectivity index (χ0v) is 15.0. The summed E-state index contributed by atoms with van der Waals surface area (Å²) in [4.78, 5) is 12.6. The molecule has 0 spiro atoms. The van der Waals surface area contributed by atoms with Gasteiger partial charge < -0.3 is 15.4 Å². The number of rotatable bonds is 5. The summed E-state index contributed by atoms with van der Waals surface area (Å²) in [7, 11) is 0. The van der Waals surface area contributed by atoms with Gasteiger partial charge in [0.1, 0.15) is 12.4 Å². The normalized spacial score (nSPS) is 25.8. The Morgan fingerprint density at radius 1 is 1.19 bits per heavy atom. The van der Waals surface area contributed by atoms with Crippen molar-refractivity contribution in [3.05, 3.63) is 29.8 Å². The van der Waals surface area contributed by atoms with E-state index in [-0.39, 0.29) is 24.2 Å². The molecule has 26 heavy (non-hydrogen) atoms. The summed E-state index contributed by atoms with van der Waals surface area (Å²) in [6.07, 6.45) is -2.73. The van der Waals surface area contributed by atoms with E-state index in [4.69, 9.17) is 4.74 Å². The van der Waals surface area contributed by atoms with Crippen molar-refractivity contribution in [3.63, 3.8) is 0 Å². The van der Waals surface area contributed by atoms with Crippen molar-refractivity contribution in [2.75, 3.05) is 19.7 Å². The minimum Gasteiger partial charge on any atom is -0.491 e. The number of halogens is 3. The molecule has 7 heteroatoms. The number of para-hydroxylation sites is 1. The van der Waals surface area contributed by atoms with Crippen LogP contribution >= 0.6 is 0 Å². The van der Waals surface area contributed by atoms with E-state index in [1.165, 1.54) is 18.2 Å². The number of nitrogens with one attached hydrogen (secondary N) is 2. The van der Waals surface area contributed by atoms with Gasteiger partial charge in [0.2, 0.25) is 5.91 Å². The Bertz CT molecular complexity index is 648. The summed E-state index contributed by atoms with van der Waals surface area (Å²) >= 11 is 0. The maximum atomic E-state index is 13.0. The first-order valence-electron chi connectivity index (χ1n) is 8.97. The smallest absolute Gasteiger partial charge is 0.419 e. The summed E-state index contributed by atoms with van der Waals surface area (Å²) < 4.78 is 44.5. The van der Waals surface area contributed by atoms with E-state index in [0.29, 0.717) is 11.8 Å². The molecule has 1 aliphatic heterocycles. The number of ether oxygens (including phenoxy) is 1. The van der Waals surface area contributed by atoms with Crippen LogP contribution in [0.1, 0.15) is 32.3 Å². The molecule has 2 fully saturated rings. The highest BCUT2D eigenvalue weighted by Gasteiger charge is 2.41. The molecule has 1 aromatic rings. The summed E-state index contributed by atoms with van der Waals surface area (Å²) in [5.74, 6) is 0.849. The molecule has 1 unspecified atom stereocenters. The van der Waals surface area contributed by atoms with Crippen LogP contribution in [0.2, 0.25) is 0 Å². The molecule has 2 N–H and O–H groups in total. The average Bonchev–Trinajstić information content (AvgIpc) is 3.13. The van der Waals surface area contributed by atoms with Crippen LogP contribution in [-0.4, -0.2) is 31.1 Å². The van der Waals surface area contributed by atoms with Crippen LogP contribution < -0.4 is 15.4 Å². The van der Waals surface area contributed by atoms with Crippen LogP contribution in [-0.2, 0) is 11.0 Å². The largest absolute Gasteiger partial charge is 0.491 e. The van der Waals surface area contributed by atoms with Gasteiger partial charge in [-0.1, -0.05) is 12.1 Å². The standard InChI is InChI=1S/C19H25F3N2O2/c1-18(2,11-26-16-6-4-3-5-15(16)19(20,21)22)24-17(25)12-7-13-9-23-10-14(13)8-12/h3-6,12-14,23H,7-11H2,1-2H3,(H,24,25)/t12?,13-,14+. The van der Waals surface area contributed by atoms with Crippen LogP contribution in [0.5, 0.6) is 5.75 Å². The molecule has 1 amide bonds. The first-order chi connectivity index (χ1) is 12.2. The number of hydrogen-bond donors (Lipinski definition) is 2. The predicted molar refractivity (Wildman–Crippen MR) is 91.7 cm³/mol. The monoisotopic (exact) mass is 370 g/mol. The van der Waals surface area contributed by atoms with Crippen molar-refractivity contribution in [3.8, 4) is 5.75 Å². The molecule has 1 saturated carbocycles. The number of hydrogen-bond acceptors (Lipinski definition) is 3. The van der Waals surface area contributed by atoms with Gasteiger partial charge in [-0.2, -0.15) is 13.2 Å². The van der Waals surface area contributed by atoms with E-state index < -0.39 is 17.3 Å².